The third-order valence-electron chi connectivity index (χ3n) is 5.31. The summed E-state index contributed by atoms with van der Waals surface area (Å²) in [6, 6.07) is 24.5. The fourth-order valence-electron chi connectivity index (χ4n) is 3.90. The van der Waals surface area contributed by atoms with Crippen molar-refractivity contribution in [3.63, 3.8) is 0 Å². The maximum Gasteiger partial charge on any atom is 0.170 e. The predicted molar refractivity (Wildman–Crippen MR) is 104 cm³/mol. The quantitative estimate of drug-likeness (QED) is 0.727. The molecule has 0 aromatic heterocycles. The smallest absolute Gasteiger partial charge is 0.170 e. The molecule has 0 saturated carbocycles. The molecule has 0 spiro atoms. The van der Waals surface area contributed by atoms with Gasteiger partial charge >= 0.3 is 0 Å². The minimum atomic E-state index is -1.45. The Morgan fingerprint density at radius 3 is 1.96 bits per heavy atom. The maximum absolute atomic E-state index is 13.4. The molecular formula is C24H19FO2. The Morgan fingerprint density at radius 2 is 1.37 bits per heavy atom. The van der Waals surface area contributed by atoms with Crippen molar-refractivity contribution >= 4 is 16.9 Å². The number of carbonyl (C=O) groups excluding carboxylic acids is 1. The number of carbonyl (C=O) groups is 1. The fourth-order valence-corrected chi connectivity index (χ4v) is 3.90. The van der Waals surface area contributed by atoms with Crippen LogP contribution >= 0.6 is 0 Å². The molecule has 3 aromatic rings. The number of hydrogen-bond acceptors (Lipinski definition) is 2. The van der Waals surface area contributed by atoms with Crippen LogP contribution in [0.2, 0.25) is 0 Å². The Kier molecular flexibility index (Phi) is 4.25. The topological polar surface area (TPSA) is 37.3 Å². The summed E-state index contributed by atoms with van der Waals surface area (Å²) < 4.78 is 13.4. The van der Waals surface area contributed by atoms with Gasteiger partial charge < -0.3 is 5.11 Å². The molecule has 2 nitrogen and oxygen atoms in total. The normalized spacial score (nSPS) is 22.3. The van der Waals surface area contributed by atoms with Crippen molar-refractivity contribution in [3.05, 3.63) is 107 Å². The zero-order valence-electron chi connectivity index (χ0n) is 14.9. The Balaban J connectivity index is 2.05. The van der Waals surface area contributed by atoms with Gasteiger partial charge in [0.25, 0.3) is 0 Å². The van der Waals surface area contributed by atoms with Crippen LogP contribution in [0, 0.1) is 11.7 Å². The molecule has 1 N–H and O–H groups in total. The highest BCUT2D eigenvalue weighted by Crippen LogP contribution is 2.52. The van der Waals surface area contributed by atoms with Crippen molar-refractivity contribution in [2.45, 2.75) is 12.5 Å². The Hall–Kier alpha value is -3.04. The number of rotatable bonds is 3. The molecule has 0 fully saturated rings. The lowest BCUT2D eigenvalue weighted by Gasteiger charge is -2.31. The van der Waals surface area contributed by atoms with E-state index >= 15 is 0 Å². The lowest BCUT2D eigenvalue weighted by atomic mass is 9.78. The lowest BCUT2D eigenvalue weighted by molar-refractivity contribution is -0.121. The van der Waals surface area contributed by atoms with Crippen molar-refractivity contribution in [1.82, 2.24) is 0 Å². The van der Waals surface area contributed by atoms with Gasteiger partial charge in [0.15, 0.2) is 5.78 Å². The van der Waals surface area contributed by atoms with E-state index in [0.717, 1.165) is 5.56 Å². The molecule has 0 aliphatic heterocycles. The molecule has 3 aromatic carbocycles. The summed E-state index contributed by atoms with van der Waals surface area (Å²) in [6.07, 6.45) is 0. The lowest BCUT2D eigenvalue weighted by Crippen LogP contribution is -2.33. The van der Waals surface area contributed by atoms with Gasteiger partial charge in [-0.2, -0.15) is 0 Å². The Bertz CT molecular complexity index is 1010. The van der Waals surface area contributed by atoms with Crippen LogP contribution in [0.25, 0.3) is 11.1 Å². The van der Waals surface area contributed by atoms with E-state index in [1.807, 2.05) is 60.7 Å². The van der Waals surface area contributed by atoms with Gasteiger partial charge in [0.1, 0.15) is 11.4 Å². The van der Waals surface area contributed by atoms with E-state index < -0.39 is 11.5 Å². The van der Waals surface area contributed by atoms with Gasteiger partial charge in [-0.25, -0.2) is 4.39 Å². The van der Waals surface area contributed by atoms with Crippen molar-refractivity contribution in [2.24, 2.45) is 5.92 Å². The van der Waals surface area contributed by atoms with Crippen LogP contribution in [0.5, 0.6) is 0 Å². The zero-order valence-corrected chi connectivity index (χ0v) is 14.9. The van der Waals surface area contributed by atoms with Gasteiger partial charge in [0.05, 0.1) is 5.92 Å². The van der Waals surface area contributed by atoms with Crippen LogP contribution in [0.1, 0.15) is 23.6 Å². The summed E-state index contributed by atoms with van der Waals surface area (Å²) in [5.74, 6) is -1.17. The highest BCUT2D eigenvalue weighted by Gasteiger charge is 2.52. The van der Waals surface area contributed by atoms with E-state index in [1.165, 1.54) is 12.1 Å². The Labute approximate surface area is 157 Å². The van der Waals surface area contributed by atoms with Crippen LogP contribution in [-0.2, 0) is 10.4 Å². The van der Waals surface area contributed by atoms with Crippen LogP contribution in [0.4, 0.5) is 4.39 Å². The van der Waals surface area contributed by atoms with Gasteiger partial charge in [-0.3, -0.25) is 4.79 Å². The molecule has 3 heteroatoms. The van der Waals surface area contributed by atoms with E-state index in [1.54, 1.807) is 19.1 Å². The van der Waals surface area contributed by atoms with E-state index in [0.29, 0.717) is 22.3 Å². The average molecular weight is 358 g/mol. The summed E-state index contributed by atoms with van der Waals surface area (Å²) in [4.78, 5) is 13.3. The maximum atomic E-state index is 13.4. The summed E-state index contributed by atoms with van der Waals surface area (Å²) in [5, 5.41) is 11.8. The molecule has 0 unspecified atom stereocenters. The molecule has 1 aliphatic rings. The molecule has 1 aliphatic carbocycles. The van der Waals surface area contributed by atoms with E-state index in [-0.39, 0.29) is 11.6 Å². The van der Waals surface area contributed by atoms with Crippen LogP contribution < -0.4 is 0 Å². The number of halogens is 1. The zero-order chi connectivity index (χ0) is 19.0. The predicted octanol–water partition coefficient (Wildman–Crippen LogP) is 4.84. The Morgan fingerprint density at radius 1 is 0.815 bits per heavy atom. The number of ketones is 1. The second-order valence-corrected chi connectivity index (χ2v) is 6.84. The summed E-state index contributed by atoms with van der Waals surface area (Å²) >= 11 is 0. The summed E-state index contributed by atoms with van der Waals surface area (Å²) in [5.41, 5.74) is 1.61. The molecule has 0 heterocycles. The third-order valence-corrected chi connectivity index (χ3v) is 5.31. The molecule has 0 radical (unpaired) electrons. The number of Topliss-reactive ketones (excluding diaryl/α,β-unsaturated/α-hetero) is 1. The van der Waals surface area contributed by atoms with Gasteiger partial charge in [-0.15, -0.1) is 0 Å². The average Bonchev–Trinajstić information content (AvgIpc) is 2.92. The first-order valence-corrected chi connectivity index (χ1v) is 8.91. The number of allylic oxidation sites excluding steroid dienone is 1. The first-order chi connectivity index (χ1) is 13.0. The van der Waals surface area contributed by atoms with Crippen LogP contribution in [0.15, 0.2) is 84.9 Å². The molecule has 2 atom stereocenters. The number of hydrogen-bond donors (Lipinski definition) is 1. The number of aliphatic hydroxyl groups is 1. The second kappa shape index (κ2) is 6.60. The molecule has 0 saturated heterocycles. The highest BCUT2D eigenvalue weighted by atomic mass is 19.1. The van der Waals surface area contributed by atoms with E-state index in [9.17, 15) is 14.3 Å². The molecular weight excluding hydrogens is 339 g/mol. The van der Waals surface area contributed by atoms with Crippen LogP contribution in [-0.4, -0.2) is 10.9 Å². The molecule has 0 bridgehead atoms. The highest BCUT2D eigenvalue weighted by molar-refractivity contribution is 6.33. The minimum absolute atomic E-state index is 0.146. The number of benzene rings is 3. The molecule has 0 amide bonds. The molecule has 27 heavy (non-hydrogen) atoms. The van der Waals surface area contributed by atoms with Crippen molar-refractivity contribution in [3.8, 4) is 0 Å². The fraction of sp³-hybridized carbons (Fsp3) is 0.125. The molecule has 4 rings (SSSR count). The third kappa shape index (κ3) is 2.71. The van der Waals surface area contributed by atoms with Gasteiger partial charge in [0.2, 0.25) is 0 Å². The minimum Gasteiger partial charge on any atom is -0.380 e. The van der Waals surface area contributed by atoms with Crippen LogP contribution in [0.3, 0.4) is 0 Å². The molecule has 134 valence electrons. The summed E-state index contributed by atoms with van der Waals surface area (Å²) in [6.45, 7) is 1.74. The van der Waals surface area contributed by atoms with E-state index in [4.69, 9.17) is 0 Å². The SMILES string of the molecule is C[C@@H]1C(=O)C(c2ccc(F)cc2)=C(c2ccccc2)[C@@]1(O)c1ccccc1. The first-order valence-electron chi connectivity index (χ1n) is 8.91. The van der Waals surface area contributed by atoms with Gasteiger partial charge in [-0.05, 0) is 28.8 Å². The van der Waals surface area contributed by atoms with Crippen molar-refractivity contribution < 1.29 is 14.3 Å². The first kappa shape index (κ1) is 17.4. The van der Waals surface area contributed by atoms with Crippen molar-refractivity contribution in [1.29, 1.82) is 0 Å². The second-order valence-electron chi connectivity index (χ2n) is 6.84. The van der Waals surface area contributed by atoms with Gasteiger partial charge in [0, 0.05) is 11.1 Å². The standard InChI is InChI=1S/C24H19FO2/c1-16-23(26)21(17-12-14-20(25)15-13-17)22(18-8-4-2-5-9-18)24(16,27)19-10-6-3-7-11-19/h2-16,27H,1H3/t16-,24+/m1/s1. The van der Waals surface area contributed by atoms with Crippen molar-refractivity contribution in [2.75, 3.05) is 0 Å². The monoisotopic (exact) mass is 358 g/mol. The van der Waals surface area contributed by atoms with E-state index in [2.05, 4.69) is 0 Å². The summed E-state index contributed by atoms with van der Waals surface area (Å²) in [7, 11) is 0. The van der Waals surface area contributed by atoms with Gasteiger partial charge in [-0.1, -0.05) is 79.7 Å². The largest absolute Gasteiger partial charge is 0.380 e.